The summed E-state index contributed by atoms with van der Waals surface area (Å²) in [5, 5.41) is 11.7. The summed E-state index contributed by atoms with van der Waals surface area (Å²) in [5.74, 6) is -2.00. The Morgan fingerprint density at radius 2 is 2.11 bits per heavy atom. The summed E-state index contributed by atoms with van der Waals surface area (Å²) >= 11 is 1.44. The Hall–Kier alpha value is -1.56. The zero-order valence-corrected chi connectivity index (χ0v) is 10.9. The maximum atomic E-state index is 12.9. The van der Waals surface area contributed by atoms with Crippen molar-refractivity contribution in [3.05, 3.63) is 29.6 Å². The van der Waals surface area contributed by atoms with Crippen LogP contribution in [0, 0.1) is 5.82 Å². The molecule has 4 nitrogen and oxygen atoms in total. The third-order valence-electron chi connectivity index (χ3n) is 2.03. The first-order valence-electron chi connectivity index (χ1n) is 5.34. The zero-order chi connectivity index (χ0) is 13.7. The Morgan fingerprint density at radius 1 is 1.44 bits per heavy atom. The number of hydrogen-bond acceptors (Lipinski definition) is 3. The van der Waals surface area contributed by atoms with Gasteiger partial charge < -0.3 is 10.4 Å². The van der Waals surface area contributed by atoms with Gasteiger partial charge in [0.25, 0.3) is 0 Å². The first-order chi connectivity index (χ1) is 8.40. The minimum absolute atomic E-state index is 0.109. The van der Waals surface area contributed by atoms with Crippen LogP contribution in [0.1, 0.15) is 24.2 Å². The highest BCUT2D eigenvalue weighted by molar-refractivity contribution is 8.00. The Morgan fingerprint density at radius 3 is 2.67 bits per heavy atom. The van der Waals surface area contributed by atoms with Crippen LogP contribution >= 0.6 is 11.8 Å². The summed E-state index contributed by atoms with van der Waals surface area (Å²) in [6.45, 7) is 3.91. The second-order valence-corrected chi connectivity index (χ2v) is 5.47. The van der Waals surface area contributed by atoms with Crippen LogP contribution in [0.25, 0.3) is 0 Å². The molecule has 0 fully saturated rings. The van der Waals surface area contributed by atoms with E-state index in [0.717, 1.165) is 12.1 Å². The van der Waals surface area contributed by atoms with E-state index in [1.54, 1.807) is 0 Å². The van der Waals surface area contributed by atoms with Gasteiger partial charge in [0.2, 0.25) is 5.91 Å². The molecular weight excluding hydrogens is 257 g/mol. The predicted octanol–water partition coefficient (Wildman–Crippen LogP) is 2.60. The number of thioether (sulfide) groups is 1. The number of carboxylic acid groups (broad SMARTS) is 1. The molecule has 1 amide bonds. The molecule has 6 heteroatoms. The van der Waals surface area contributed by atoms with E-state index in [-0.39, 0.29) is 22.9 Å². The Balaban J connectivity index is 2.78. The predicted molar refractivity (Wildman–Crippen MR) is 69.6 cm³/mol. The molecule has 0 aliphatic heterocycles. The van der Waals surface area contributed by atoms with E-state index in [1.807, 2.05) is 13.8 Å². The molecule has 1 aromatic carbocycles. The summed E-state index contributed by atoms with van der Waals surface area (Å²) in [4.78, 5) is 22.5. The molecule has 18 heavy (non-hydrogen) atoms. The van der Waals surface area contributed by atoms with Gasteiger partial charge in [0.1, 0.15) is 5.82 Å². The molecular formula is C12H14FNO3S. The van der Waals surface area contributed by atoms with Gasteiger partial charge in [0.05, 0.1) is 17.0 Å². The standard InChI is InChI=1S/C12H14FNO3S/c1-7(2)18-6-11(15)14-10-4-3-8(13)5-9(10)12(16)17/h3-5,7H,6H2,1-2H3,(H,14,15)(H,16,17). The zero-order valence-electron chi connectivity index (χ0n) is 10.1. The first kappa shape index (κ1) is 14.5. The second kappa shape index (κ2) is 6.39. The molecule has 0 saturated carbocycles. The van der Waals surface area contributed by atoms with E-state index in [1.165, 1.54) is 17.8 Å². The third-order valence-corrected chi connectivity index (χ3v) is 3.13. The summed E-state index contributed by atoms with van der Waals surface area (Å²) < 4.78 is 12.9. The molecule has 0 atom stereocenters. The van der Waals surface area contributed by atoms with Crippen LogP contribution in [0.3, 0.4) is 0 Å². The summed E-state index contributed by atoms with van der Waals surface area (Å²) in [6, 6.07) is 3.24. The van der Waals surface area contributed by atoms with E-state index in [2.05, 4.69) is 5.32 Å². The van der Waals surface area contributed by atoms with Crippen molar-refractivity contribution in [2.45, 2.75) is 19.1 Å². The third kappa shape index (κ3) is 4.37. The molecule has 1 aromatic rings. The van der Waals surface area contributed by atoms with Gasteiger partial charge in [-0.25, -0.2) is 9.18 Å². The highest BCUT2D eigenvalue weighted by atomic mass is 32.2. The van der Waals surface area contributed by atoms with Crippen molar-refractivity contribution in [2.75, 3.05) is 11.1 Å². The van der Waals surface area contributed by atoms with E-state index in [0.29, 0.717) is 5.25 Å². The van der Waals surface area contributed by atoms with Crippen LogP contribution in [0.2, 0.25) is 0 Å². The number of nitrogens with one attached hydrogen (secondary N) is 1. The van der Waals surface area contributed by atoms with Gasteiger partial charge in [0.15, 0.2) is 0 Å². The fourth-order valence-corrected chi connectivity index (χ4v) is 1.79. The van der Waals surface area contributed by atoms with E-state index >= 15 is 0 Å². The van der Waals surface area contributed by atoms with E-state index in [4.69, 9.17) is 5.11 Å². The van der Waals surface area contributed by atoms with Crippen molar-refractivity contribution in [1.29, 1.82) is 0 Å². The van der Waals surface area contributed by atoms with Crippen LogP contribution in [0.5, 0.6) is 0 Å². The molecule has 0 heterocycles. The molecule has 1 rings (SSSR count). The van der Waals surface area contributed by atoms with Gasteiger partial charge >= 0.3 is 5.97 Å². The lowest BCUT2D eigenvalue weighted by Gasteiger charge is -2.09. The normalized spacial score (nSPS) is 10.4. The van der Waals surface area contributed by atoms with Gasteiger partial charge in [0, 0.05) is 0 Å². The number of carboxylic acids is 1. The molecule has 0 spiro atoms. The fourth-order valence-electron chi connectivity index (χ4n) is 1.23. The number of hydrogen-bond donors (Lipinski definition) is 2. The van der Waals surface area contributed by atoms with Crippen molar-refractivity contribution >= 4 is 29.3 Å². The molecule has 0 saturated heterocycles. The molecule has 2 N–H and O–H groups in total. The average Bonchev–Trinajstić information content (AvgIpc) is 2.28. The first-order valence-corrected chi connectivity index (χ1v) is 6.39. The monoisotopic (exact) mass is 271 g/mol. The highest BCUT2D eigenvalue weighted by Gasteiger charge is 2.13. The molecule has 0 aliphatic rings. The maximum Gasteiger partial charge on any atom is 0.337 e. The second-order valence-electron chi connectivity index (χ2n) is 3.90. The Bertz CT molecular complexity index is 463. The average molecular weight is 271 g/mol. The van der Waals surface area contributed by atoms with E-state index < -0.39 is 11.8 Å². The van der Waals surface area contributed by atoms with Crippen molar-refractivity contribution < 1.29 is 19.1 Å². The van der Waals surface area contributed by atoms with Crippen molar-refractivity contribution in [1.82, 2.24) is 0 Å². The molecule has 98 valence electrons. The number of amides is 1. The summed E-state index contributed by atoms with van der Waals surface area (Å²) in [5.41, 5.74) is -0.142. The van der Waals surface area contributed by atoms with Crippen LogP contribution in [0.4, 0.5) is 10.1 Å². The largest absolute Gasteiger partial charge is 0.478 e. The van der Waals surface area contributed by atoms with Crippen LogP contribution in [-0.4, -0.2) is 28.0 Å². The number of carbonyl (C=O) groups is 2. The maximum absolute atomic E-state index is 12.9. The van der Waals surface area contributed by atoms with Crippen LogP contribution in [-0.2, 0) is 4.79 Å². The molecule has 0 aromatic heterocycles. The number of benzene rings is 1. The van der Waals surface area contributed by atoms with Crippen LogP contribution < -0.4 is 5.32 Å². The molecule has 0 unspecified atom stereocenters. The highest BCUT2D eigenvalue weighted by Crippen LogP contribution is 2.18. The van der Waals surface area contributed by atoms with Crippen molar-refractivity contribution in [2.24, 2.45) is 0 Å². The van der Waals surface area contributed by atoms with Crippen molar-refractivity contribution in [3.8, 4) is 0 Å². The van der Waals surface area contributed by atoms with Gasteiger partial charge in [-0.1, -0.05) is 13.8 Å². The smallest absolute Gasteiger partial charge is 0.337 e. The lowest BCUT2D eigenvalue weighted by molar-refractivity contribution is -0.113. The number of halogens is 1. The van der Waals surface area contributed by atoms with Crippen LogP contribution in [0.15, 0.2) is 18.2 Å². The summed E-state index contributed by atoms with van der Waals surface area (Å²) in [7, 11) is 0. The summed E-state index contributed by atoms with van der Waals surface area (Å²) in [6.07, 6.45) is 0. The topological polar surface area (TPSA) is 66.4 Å². The van der Waals surface area contributed by atoms with Gasteiger partial charge in [-0.3, -0.25) is 4.79 Å². The molecule has 0 radical (unpaired) electrons. The van der Waals surface area contributed by atoms with Crippen molar-refractivity contribution in [3.63, 3.8) is 0 Å². The minimum Gasteiger partial charge on any atom is -0.478 e. The van der Waals surface area contributed by atoms with Gasteiger partial charge in [-0.2, -0.15) is 0 Å². The number of carbonyl (C=O) groups excluding carboxylic acids is 1. The molecule has 0 aliphatic carbocycles. The molecule has 0 bridgehead atoms. The fraction of sp³-hybridized carbons (Fsp3) is 0.333. The lowest BCUT2D eigenvalue weighted by atomic mass is 10.1. The number of aromatic carboxylic acids is 1. The Labute approximate surface area is 109 Å². The minimum atomic E-state index is -1.28. The number of anilines is 1. The SMILES string of the molecule is CC(C)SCC(=O)Nc1ccc(F)cc1C(=O)O. The van der Waals surface area contributed by atoms with E-state index in [9.17, 15) is 14.0 Å². The Kier molecular flexibility index (Phi) is 5.15. The quantitative estimate of drug-likeness (QED) is 0.864. The van der Waals surface area contributed by atoms with Gasteiger partial charge in [-0.05, 0) is 23.4 Å². The lowest BCUT2D eigenvalue weighted by Crippen LogP contribution is -2.17. The van der Waals surface area contributed by atoms with Gasteiger partial charge in [-0.15, -0.1) is 11.8 Å². The number of rotatable bonds is 5.